The molecule has 0 bridgehead atoms. The zero-order valence-electron chi connectivity index (χ0n) is 7.11. The van der Waals surface area contributed by atoms with Gasteiger partial charge in [0.15, 0.2) is 5.78 Å². The van der Waals surface area contributed by atoms with Crippen molar-refractivity contribution in [3.8, 4) is 0 Å². The molecule has 0 fully saturated rings. The van der Waals surface area contributed by atoms with Crippen LogP contribution in [-0.4, -0.2) is 21.5 Å². The summed E-state index contributed by atoms with van der Waals surface area (Å²) in [5, 5.41) is 9.36. The van der Waals surface area contributed by atoms with Crippen LogP contribution in [0.2, 0.25) is 0 Å². The molecule has 0 aromatic carbocycles. The molecule has 12 heavy (non-hydrogen) atoms. The zero-order chi connectivity index (χ0) is 9.19. The standard InChI is InChI=1S/C9H11NO2/c1-9(2,12)8(11)7-4-3-5-10-6-7/h3-6,12H,1-2H3. The van der Waals surface area contributed by atoms with Gasteiger partial charge in [0.25, 0.3) is 0 Å². The number of carbonyl (C=O) groups is 1. The van der Waals surface area contributed by atoms with Crippen molar-refractivity contribution in [1.82, 2.24) is 4.98 Å². The van der Waals surface area contributed by atoms with Gasteiger partial charge in [0.05, 0.1) is 0 Å². The average Bonchev–Trinajstić information content (AvgIpc) is 2.03. The third-order valence-corrected chi connectivity index (χ3v) is 1.48. The molecule has 0 amide bonds. The molecule has 1 rings (SSSR count). The average molecular weight is 165 g/mol. The lowest BCUT2D eigenvalue weighted by Gasteiger charge is -2.14. The van der Waals surface area contributed by atoms with Crippen LogP contribution in [0.3, 0.4) is 0 Å². The molecule has 1 heterocycles. The molecule has 64 valence electrons. The van der Waals surface area contributed by atoms with Crippen LogP contribution in [0.1, 0.15) is 24.2 Å². The Bertz CT molecular complexity index is 274. The Balaban J connectivity index is 2.94. The van der Waals surface area contributed by atoms with E-state index in [-0.39, 0.29) is 5.78 Å². The fourth-order valence-corrected chi connectivity index (χ4v) is 0.850. The molecule has 1 N–H and O–H groups in total. The highest BCUT2D eigenvalue weighted by Gasteiger charge is 2.24. The highest BCUT2D eigenvalue weighted by Crippen LogP contribution is 2.10. The molecule has 1 aromatic heterocycles. The van der Waals surface area contributed by atoms with Crippen LogP contribution < -0.4 is 0 Å². The van der Waals surface area contributed by atoms with E-state index >= 15 is 0 Å². The van der Waals surface area contributed by atoms with Gasteiger partial charge < -0.3 is 5.11 Å². The molecular weight excluding hydrogens is 154 g/mol. The van der Waals surface area contributed by atoms with Crippen LogP contribution in [0.4, 0.5) is 0 Å². The quantitative estimate of drug-likeness (QED) is 0.666. The normalized spacial score (nSPS) is 11.2. The summed E-state index contributed by atoms with van der Waals surface area (Å²) in [6, 6.07) is 3.30. The highest BCUT2D eigenvalue weighted by molar-refractivity contribution is 6.01. The van der Waals surface area contributed by atoms with Gasteiger partial charge in [-0.2, -0.15) is 0 Å². The van der Waals surface area contributed by atoms with Crippen molar-refractivity contribution in [2.45, 2.75) is 19.4 Å². The van der Waals surface area contributed by atoms with Gasteiger partial charge in [0.2, 0.25) is 0 Å². The van der Waals surface area contributed by atoms with Crippen molar-refractivity contribution in [2.75, 3.05) is 0 Å². The van der Waals surface area contributed by atoms with E-state index in [1.165, 1.54) is 20.0 Å². The summed E-state index contributed by atoms with van der Waals surface area (Å²) in [4.78, 5) is 15.2. The molecule has 1 aromatic rings. The fraction of sp³-hybridized carbons (Fsp3) is 0.333. The van der Waals surface area contributed by atoms with Crippen LogP contribution in [0.15, 0.2) is 24.5 Å². The monoisotopic (exact) mass is 165 g/mol. The molecule has 3 heteroatoms. The molecule has 0 saturated carbocycles. The first-order chi connectivity index (χ1) is 5.52. The summed E-state index contributed by atoms with van der Waals surface area (Å²) >= 11 is 0. The lowest BCUT2D eigenvalue weighted by Crippen LogP contribution is -2.31. The maximum absolute atomic E-state index is 11.4. The Morgan fingerprint density at radius 3 is 2.67 bits per heavy atom. The number of carbonyl (C=O) groups excluding carboxylic acids is 1. The number of aliphatic hydroxyl groups is 1. The van der Waals surface area contributed by atoms with Crippen molar-refractivity contribution in [2.24, 2.45) is 0 Å². The van der Waals surface area contributed by atoms with Crippen LogP contribution in [0.5, 0.6) is 0 Å². The van der Waals surface area contributed by atoms with E-state index in [0.29, 0.717) is 5.56 Å². The van der Waals surface area contributed by atoms with E-state index in [0.717, 1.165) is 0 Å². The van der Waals surface area contributed by atoms with Crippen molar-refractivity contribution in [3.63, 3.8) is 0 Å². The van der Waals surface area contributed by atoms with Crippen molar-refractivity contribution < 1.29 is 9.90 Å². The van der Waals surface area contributed by atoms with Crippen molar-refractivity contribution in [1.29, 1.82) is 0 Å². The molecule has 3 nitrogen and oxygen atoms in total. The molecule has 0 spiro atoms. The van der Waals surface area contributed by atoms with Gasteiger partial charge in [-0.05, 0) is 26.0 Å². The van der Waals surface area contributed by atoms with Gasteiger partial charge >= 0.3 is 0 Å². The van der Waals surface area contributed by atoms with Crippen LogP contribution >= 0.6 is 0 Å². The SMILES string of the molecule is CC(C)(O)C(=O)c1cccnc1. The first-order valence-corrected chi connectivity index (χ1v) is 3.69. The predicted octanol–water partition coefficient (Wildman–Crippen LogP) is 1.04. The number of hydrogen-bond donors (Lipinski definition) is 1. The van der Waals surface area contributed by atoms with Gasteiger partial charge in [0.1, 0.15) is 5.60 Å². The summed E-state index contributed by atoms with van der Waals surface area (Å²) in [7, 11) is 0. The topological polar surface area (TPSA) is 50.2 Å². The lowest BCUT2D eigenvalue weighted by molar-refractivity contribution is 0.0487. The van der Waals surface area contributed by atoms with Crippen LogP contribution in [0, 0.1) is 0 Å². The second-order valence-corrected chi connectivity index (χ2v) is 3.13. The molecule has 0 atom stereocenters. The van der Waals surface area contributed by atoms with E-state index in [9.17, 15) is 9.90 Å². The molecule has 0 unspecified atom stereocenters. The maximum atomic E-state index is 11.4. The molecule has 0 saturated heterocycles. The number of hydrogen-bond acceptors (Lipinski definition) is 3. The molecular formula is C9H11NO2. The Morgan fingerprint density at radius 1 is 1.58 bits per heavy atom. The first kappa shape index (κ1) is 8.87. The number of nitrogens with zero attached hydrogens (tertiary/aromatic N) is 1. The second kappa shape index (κ2) is 3.03. The molecule has 0 aliphatic carbocycles. The minimum Gasteiger partial charge on any atom is -0.382 e. The second-order valence-electron chi connectivity index (χ2n) is 3.13. The van der Waals surface area contributed by atoms with E-state index in [1.807, 2.05) is 0 Å². The Labute approximate surface area is 71.1 Å². The summed E-state index contributed by atoms with van der Waals surface area (Å²) in [5.41, 5.74) is -0.881. The highest BCUT2D eigenvalue weighted by atomic mass is 16.3. The predicted molar refractivity (Wildman–Crippen MR) is 44.9 cm³/mol. The molecule has 0 aliphatic heterocycles. The molecule has 0 aliphatic rings. The smallest absolute Gasteiger partial charge is 0.195 e. The van der Waals surface area contributed by atoms with E-state index in [4.69, 9.17) is 0 Å². The number of Topliss-reactive ketones (excluding diaryl/α,β-unsaturated/α-hetero) is 1. The minimum atomic E-state index is -1.32. The summed E-state index contributed by atoms with van der Waals surface area (Å²) in [6.07, 6.45) is 3.03. The largest absolute Gasteiger partial charge is 0.382 e. The lowest BCUT2D eigenvalue weighted by atomic mass is 9.98. The van der Waals surface area contributed by atoms with Gasteiger partial charge in [-0.25, -0.2) is 0 Å². The number of ketones is 1. The van der Waals surface area contributed by atoms with Gasteiger partial charge in [-0.1, -0.05) is 0 Å². The molecule has 0 radical (unpaired) electrons. The summed E-state index contributed by atoms with van der Waals surface area (Å²) in [6.45, 7) is 2.92. The fourth-order valence-electron chi connectivity index (χ4n) is 0.850. The van der Waals surface area contributed by atoms with Crippen molar-refractivity contribution in [3.05, 3.63) is 30.1 Å². The van der Waals surface area contributed by atoms with Gasteiger partial charge in [-0.3, -0.25) is 9.78 Å². The van der Waals surface area contributed by atoms with Crippen LogP contribution in [0.25, 0.3) is 0 Å². The Kier molecular flexibility index (Phi) is 2.24. The minimum absolute atomic E-state index is 0.310. The number of pyridine rings is 1. The third kappa shape index (κ3) is 1.89. The van der Waals surface area contributed by atoms with E-state index in [1.54, 1.807) is 18.3 Å². The van der Waals surface area contributed by atoms with E-state index < -0.39 is 5.60 Å². The Hall–Kier alpha value is -1.22. The van der Waals surface area contributed by atoms with Crippen LogP contribution in [-0.2, 0) is 0 Å². The summed E-state index contributed by atoms with van der Waals surface area (Å²) < 4.78 is 0. The first-order valence-electron chi connectivity index (χ1n) is 3.69. The number of aromatic nitrogens is 1. The Morgan fingerprint density at radius 2 is 2.25 bits per heavy atom. The van der Waals surface area contributed by atoms with Crippen molar-refractivity contribution >= 4 is 5.78 Å². The zero-order valence-corrected chi connectivity index (χ0v) is 7.11. The van der Waals surface area contributed by atoms with E-state index in [2.05, 4.69) is 4.98 Å². The maximum Gasteiger partial charge on any atom is 0.195 e. The van der Waals surface area contributed by atoms with Gasteiger partial charge in [-0.15, -0.1) is 0 Å². The number of rotatable bonds is 2. The third-order valence-electron chi connectivity index (χ3n) is 1.48. The summed E-state index contributed by atoms with van der Waals surface area (Å²) in [5.74, 6) is -0.310. The van der Waals surface area contributed by atoms with Gasteiger partial charge in [0, 0.05) is 18.0 Å².